The van der Waals surface area contributed by atoms with Gasteiger partial charge in [0, 0.05) is 23.5 Å². The number of imidazole rings is 1. The quantitative estimate of drug-likeness (QED) is 0.884. The number of thiophene rings is 1. The third-order valence-corrected chi connectivity index (χ3v) is 3.58. The monoisotopic (exact) mass is 249 g/mol. The van der Waals surface area contributed by atoms with E-state index in [-0.39, 0.29) is 0 Å². The minimum atomic E-state index is 0.340. The molecule has 0 aromatic carbocycles. The fourth-order valence-electron chi connectivity index (χ4n) is 2.10. The Morgan fingerprint density at radius 3 is 2.88 bits per heavy atom. The highest BCUT2D eigenvalue weighted by Gasteiger charge is 2.15. The molecule has 0 aliphatic heterocycles. The van der Waals surface area contributed by atoms with Crippen molar-refractivity contribution in [2.24, 2.45) is 11.7 Å². The number of aromatic nitrogens is 2. The maximum absolute atomic E-state index is 5.89. The van der Waals surface area contributed by atoms with Gasteiger partial charge in [-0.1, -0.05) is 13.8 Å². The topological polar surface area (TPSA) is 43.8 Å². The average molecular weight is 249 g/mol. The molecule has 0 bridgehead atoms. The van der Waals surface area contributed by atoms with E-state index in [1.807, 2.05) is 12.5 Å². The zero-order valence-electron chi connectivity index (χ0n) is 10.3. The van der Waals surface area contributed by atoms with E-state index in [1.54, 1.807) is 11.3 Å². The average Bonchev–Trinajstić information content (AvgIpc) is 2.94. The normalized spacial score (nSPS) is 13.2. The van der Waals surface area contributed by atoms with E-state index in [0.717, 1.165) is 6.42 Å². The highest BCUT2D eigenvalue weighted by molar-refractivity contribution is 7.08. The zero-order valence-corrected chi connectivity index (χ0v) is 11.2. The number of hydrogen-bond acceptors (Lipinski definition) is 3. The van der Waals surface area contributed by atoms with Crippen molar-refractivity contribution in [3.8, 4) is 11.3 Å². The second kappa shape index (κ2) is 5.47. The summed E-state index contributed by atoms with van der Waals surface area (Å²) in [7, 11) is 0. The Labute approximate surface area is 106 Å². The molecule has 0 aliphatic carbocycles. The lowest BCUT2D eigenvalue weighted by Crippen LogP contribution is -2.21. The molecule has 1 atom stereocenters. The molecular weight excluding hydrogens is 230 g/mol. The standard InChI is InChI=1S/C13H19N3S/c1-10(2)5-12(6-14)16-9-15-7-13(16)11-3-4-17-8-11/h3-4,7-10,12H,5-6,14H2,1-2H3. The van der Waals surface area contributed by atoms with Crippen molar-refractivity contribution in [3.05, 3.63) is 29.4 Å². The van der Waals surface area contributed by atoms with Gasteiger partial charge >= 0.3 is 0 Å². The van der Waals surface area contributed by atoms with Crippen molar-refractivity contribution in [2.45, 2.75) is 26.3 Å². The maximum Gasteiger partial charge on any atom is 0.0954 e. The molecule has 3 nitrogen and oxygen atoms in total. The molecule has 0 radical (unpaired) electrons. The maximum atomic E-state index is 5.89. The fraction of sp³-hybridized carbons (Fsp3) is 0.462. The van der Waals surface area contributed by atoms with Crippen LogP contribution >= 0.6 is 11.3 Å². The summed E-state index contributed by atoms with van der Waals surface area (Å²) in [5, 5.41) is 4.24. The Hall–Kier alpha value is -1.13. The summed E-state index contributed by atoms with van der Waals surface area (Å²) in [6.45, 7) is 5.11. The van der Waals surface area contributed by atoms with Crippen LogP contribution in [0.5, 0.6) is 0 Å². The van der Waals surface area contributed by atoms with Crippen molar-refractivity contribution >= 4 is 11.3 Å². The minimum absolute atomic E-state index is 0.340. The van der Waals surface area contributed by atoms with E-state index in [2.05, 4.69) is 40.2 Å². The highest BCUT2D eigenvalue weighted by atomic mass is 32.1. The van der Waals surface area contributed by atoms with E-state index < -0.39 is 0 Å². The Balaban J connectivity index is 2.29. The van der Waals surface area contributed by atoms with E-state index in [4.69, 9.17) is 5.73 Å². The fourth-order valence-corrected chi connectivity index (χ4v) is 2.75. The van der Waals surface area contributed by atoms with Crippen LogP contribution in [0.2, 0.25) is 0 Å². The summed E-state index contributed by atoms with van der Waals surface area (Å²) < 4.78 is 2.21. The lowest BCUT2D eigenvalue weighted by molar-refractivity contribution is 0.410. The number of rotatable bonds is 5. The summed E-state index contributed by atoms with van der Waals surface area (Å²) in [4.78, 5) is 4.27. The molecule has 0 aliphatic rings. The molecular formula is C13H19N3S. The van der Waals surface area contributed by atoms with Crippen LogP contribution in [-0.4, -0.2) is 16.1 Å². The first-order valence-electron chi connectivity index (χ1n) is 5.96. The molecule has 2 aromatic heterocycles. The Kier molecular flexibility index (Phi) is 3.97. The first kappa shape index (κ1) is 12.3. The Morgan fingerprint density at radius 2 is 2.29 bits per heavy atom. The van der Waals surface area contributed by atoms with E-state index in [9.17, 15) is 0 Å². The summed E-state index contributed by atoms with van der Waals surface area (Å²) in [6.07, 6.45) is 4.90. The molecule has 0 fully saturated rings. The van der Waals surface area contributed by atoms with Crippen molar-refractivity contribution < 1.29 is 0 Å². The van der Waals surface area contributed by atoms with Crippen LogP contribution in [0.3, 0.4) is 0 Å². The van der Waals surface area contributed by atoms with Crippen molar-refractivity contribution in [1.82, 2.24) is 9.55 Å². The van der Waals surface area contributed by atoms with Crippen LogP contribution < -0.4 is 5.73 Å². The second-order valence-electron chi connectivity index (χ2n) is 4.72. The minimum Gasteiger partial charge on any atom is -0.328 e. The third-order valence-electron chi connectivity index (χ3n) is 2.89. The molecule has 0 spiro atoms. The molecule has 2 aromatic rings. The summed E-state index contributed by atoms with van der Waals surface area (Å²) in [5.74, 6) is 0.640. The highest BCUT2D eigenvalue weighted by Crippen LogP contribution is 2.26. The van der Waals surface area contributed by atoms with Crippen LogP contribution in [0.15, 0.2) is 29.4 Å². The van der Waals surface area contributed by atoms with Gasteiger partial charge in [0.15, 0.2) is 0 Å². The Bertz CT molecular complexity index is 445. The van der Waals surface area contributed by atoms with Gasteiger partial charge in [-0.15, -0.1) is 0 Å². The molecule has 17 heavy (non-hydrogen) atoms. The SMILES string of the molecule is CC(C)CC(CN)n1cncc1-c1ccsc1. The third kappa shape index (κ3) is 2.76. The van der Waals surface area contributed by atoms with E-state index in [1.165, 1.54) is 11.3 Å². The summed E-state index contributed by atoms with van der Waals surface area (Å²) >= 11 is 1.71. The van der Waals surface area contributed by atoms with Crippen LogP contribution in [0.4, 0.5) is 0 Å². The van der Waals surface area contributed by atoms with Crippen molar-refractivity contribution in [2.75, 3.05) is 6.54 Å². The molecule has 4 heteroatoms. The first-order chi connectivity index (χ1) is 8.22. The molecule has 2 heterocycles. The molecule has 1 unspecified atom stereocenters. The van der Waals surface area contributed by atoms with Gasteiger partial charge in [-0.05, 0) is 23.8 Å². The number of nitrogens with zero attached hydrogens (tertiary/aromatic N) is 2. The van der Waals surface area contributed by atoms with Gasteiger partial charge in [0.25, 0.3) is 0 Å². The summed E-state index contributed by atoms with van der Waals surface area (Å²) in [5.41, 5.74) is 8.29. The van der Waals surface area contributed by atoms with Gasteiger partial charge in [-0.25, -0.2) is 4.98 Å². The van der Waals surface area contributed by atoms with Gasteiger partial charge in [-0.2, -0.15) is 11.3 Å². The lowest BCUT2D eigenvalue weighted by Gasteiger charge is -2.20. The molecule has 2 N–H and O–H groups in total. The largest absolute Gasteiger partial charge is 0.328 e. The predicted octanol–water partition coefficient (Wildman–Crippen LogP) is 3.16. The second-order valence-corrected chi connectivity index (χ2v) is 5.50. The predicted molar refractivity (Wildman–Crippen MR) is 73.1 cm³/mol. The van der Waals surface area contributed by atoms with Gasteiger partial charge in [0.2, 0.25) is 0 Å². The first-order valence-corrected chi connectivity index (χ1v) is 6.91. The number of hydrogen-bond donors (Lipinski definition) is 1. The number of nitrogens with two attached hydrogens (primary N) is 1. The van der Waals surface area contributed by atoms with Crippen molar-refractivity contribution in [3.63, 3.8) is 0 Å². The van der Waals surface area contributed by atoms with E-state index in [0.29, 0.717) is 18.5 Å². The lowest BCUT2D eigenvalue weighted by atomic mass is 10.0. The molecule has 2 rings (SSSR count). The van der Waals surface area contributed by atoms with E-state index >= 15 is 0 Å². The smallest absolute Gasteiger partial charge is 0.0954 e. The zero-order chi connectivity index (χ0) is 12.3. The van der Waals surface area contributed by atoms with Crippen molar-refractivity contribution in [1.29, 1.82) is 0 Å². The van der Waals surface area contributed by atoms with Gasteiger partial charge in [-0.3, -0.25) is 0 Å². The van der Waals surface area contributed by atoms with Gasteiger partial charge in [0.1, 0.15) is 0 Å². The molecule has 0 amide bonds. The summed E-state index contributed by atoms with van der Waals surface area (Å²) in [6, 6.07) is 2.47. The molecule has 0 saturated heterocycles. The van der Waals surface area contributed by atoms with Crippen LogP contribution in [0.25, 0.3) is 11.3 Å². The molecule has 92 valence electrons. The van der Waals surface area contributed by atoms with Crippen LogP contribution in [0, 0.1) is 5.92 Å². The molecule has 0 saturated carbocycles. The Morgan fingerprint density at radius 1 is 1.47 bits per heavy atom. The van der Waals surface area contributed by atoms with Gasteiger partial charge in [0.05, 0.1) is 18.2 Å². The van der Waals surface area contributed by atoms with Crippen LogP contribution in [0.1, 0.15) is 26.3 Å². The van der Waals surface area contributed by atoms with Crippen LogP contribution in [-0.2, 0) is 0 Å². The van der Waals surface area contributed by atoms with Gasteiger partial charge < -0.3 is 10.3 Å².